The molecule has 0 saturated heterocycles. The van der Waals surface area contributed by atoms with Gasteiger partial charge in [0.15, 0.2) is 12.4 Å². The highest BCUT2D eigenvalue weighted by molar-refractivity contribution is 5.70. The molecule has 2 unspecified atom stereocenters. The summed E-state index contributed by atoms with van der Waals surface area (Å²) < 4.78 is 22.7. The minimum Gasteiger partial charge on any atom is -0.545 e. The zero-order valence-corrected chi connectivity index (χ0v) is 47.5. The number of rotatable bonds is 53. The first-order valence-electron chi connectivity index (χ1n) is 29.4. The van der Waals surface area contributed by atoms with Gasteiger partial charge in [-0.1, -0.05) is 220 Å². The molecule has 0 aliphatic carbocycles. The van der Waals surface area contributed by atoms with Crippen molar-refractivity contribution in [1.29, 1.82) is 0 Å². The van der Waals surface area contributed by atoms with Crippen LogP contribution in [0.25, 0.3) is 0 Å². The largest absolute Gasteiger partial charge is 0.545 e. The Balaban J connectivity index is 4.25. The molecule has 0 radical (unpaired) electrons. The Hall–Kier alpha value is -3.79. The van der Waals surface area contributed by atoms with Crippen LogP contribution in [0.3, 0.4) is 0 Å². The van der Waals surface area contributed by atoms with Crippen LogP contribution in [-0.4, -0.2) is 82.3 Å². The Bertz CT molecular complexity index is 1520. The molecule has 0 spiro atoms. The highest BCUT2D eigenvalue weighted by atomic mass is 16.7. The molecule has 0 aliphatic rings. The lowest BCUT2D eigenvalue weighted by Gasteiger charge is -2.26. The number of likely N-dealkylation sites (N-methyl/N-ethyl adjacent to an activating group) is 1. The fourth-order valence-corrected chi connectivity index (χ4v) is 7.80. The van der Waals surface area contributed by atoms with Crippen LogP contribution >= 0.6 is 0 Å². The van der Waals surface area contributed by atoms with Gasteiger partial charge in [-0.3, -0.25) is 9.59 Å². The topological polar surface area (TPSA) is 111 Å². The number of quaternary nitrogens is 1. The Morgan fingerprint density at radius 1 is 0.425 bits per heavy atom. The van der Waals surface area contributed by atoms with Crippen molar-refractivity contribution < 1.29 is 42.9 Å². The highest BCUT2D eigenvalue weighted by Gasteiger charge is 2.22. The molecule has 0 amide bonds. The Labute approximate surface area is 448 Å². The number of carbonyl (C=O) groups is 3. The van der Waals surface area contributed by atoms with Gasteiger partial charge in [-0.05, 0) is 96.3 Å². The zero-order valence-electron chi connectivity index (χ0n) is 47.5. The van der Waals surface area contributed by atoms with Crippen molar-refractivity contribution >= 4 is 17.9 Å². The van der Waals surface area contributed by atoms with Crippen molar-refractivity contribution in [2.75, 3.05) is 47.5 Å². The maximum absolute atomic E-state index is 12.9. The first-order valence-corrected chi connectivity index (χ1v) is 29.4. The summed E-state index contributed by atoms with van der Waals surface area (Å²) >= 11 is 0. The fraction of sp³-hybridized carbons (Fsp3) is 0.703. The third kappa shape index (κ3) is 55.8. The van der Waals surface area contributed by atoms with E-state index in [1.54, 1.807) is 0 Å². The molecule has 0 N–H and O–H groups in total. The smallest absolute Gasteiger partial charge is 0.306 e. The quantitative estimate of drug-likeness (QED) is 0.0195. The number of hydrogen-bond acceptors (Lipinski definition) is 8. The van der Waals surface area contributed by atoms with Crippen LogP contribution in [0.15, 0.2) is 97.2 Å². The lowest BCUT2D eigenvalue weighted by Crippen LogP contribution is -2.44. The van der Waals surface area contributed by atoms with Crippen LogP contribution in [0, 0.1) is 0 Å². The average Bonchev–Trinajstić information content (AvgIpc) is 3.36. The van der Waals surface area contributed by atoms with Gasteiger partial charge in [0.2, 0.25) is 0 Å². The van der Waals surface area contributed by atoms with Gasteiger partial charge in [-0.2, -0.15) is 0 Å². The van der Waals surface area contributed by atoms with Crippen molar-refractivity contribution in [2.24, 2.45) is 0 Å². The second kappa shape index (κ2) is 54.5. The minimum absolute atomic E-state index is 0.141. The van der Waals surface area contributed by atoms with E-state index in [9.17, 15) is 19.5 Å². The summed E-state index contributed by atoms with van der Waals surface area (Å²) in [5.41, 5.74) is 0. The number of carboxylic acid groups (broad SMARTS) is 1. The Kier molecular flexibility index (Phi) is 51.6. The van der Waals surface area contributed by atoms with Crippen LogP contribution in [0.5, 0.6) is 0 Å². The molecule has 418 valence electrons. The number of allylic oxidation sites excluding steroid dienone is 16. The molecule has 0 fully saturated rings. The van der Waals surface area contributed by atoms with Gasteiger partial charge in [0, 0.05) is 12.8 Å². The van der Waals surface area contributed by atoms with Crippen LogP contribution in [0.4, 0.5) is 0 Å². The van der Waals surface area contributed by atoms with E-state index in [0.717, 1.165) is 96.3 Å². The summed E-state index contributed by atoms with van der Waals surface area (Å²) in [6.45, 7) is 4.59. The number of hydrogen-bond donors (Lipinski definition) is 0. The number of ether oxygens (including phenoxy) is 4. The van der Waals surface area contributed by atoms with Gasteiger partial charge >= 0.3 is 11.9 Å². The normalized spacial score (nSPS) is 13.5. The summed E-state index contributed by atoms with van der Waals surface area (Å²) in [7, 11) is 5.91. The van der Waals surface area contributed by atoms with E-state index in [4.69, 9.17) is 18.9 Å². The number of nitrogens with zero attached hydrogens (tertiary/aromatic N) is 1. The van der Waals surface area contributed by atoms with E-state index in [2.05, 4.69) is 111 Å². The van der Waals surface area contributed by atoms with Gasteiger partial charge in [0.1, 0.15) is 13.2 Å². The summed E-state index contributed by atoms with van der Waals surface area (Å²) in [4.78, 5) is 37.3. The van der Waals surface area contributed by atoms with Gasteiger partial charge in [-0.15, -0.1) is 0 Å². The molecule has 73 heavy (non-hydrogen) atoms. The predicted octanol–water partition coefficient (Wildman–Crippen LogP) is 16.0. The third-order valence-corrected chi connectivity index (χ3v) is 12.3. The van der Waals surface area contributed by atoms with Crippen LogP contribution in [-0.2, 0) is 33.3 Å². The van der Waals surface area contributed by atoms with E-state index >= 15 is 0 Å². The van der Waals surface area contributed by atoms with Gasteiger partial charge in [0.25, 0.3) is 0 Å². The van der Waals surface area contributed by atoms with Crippen molar-refractivity contribution in [3.8, 4) is 0 Å². The molecule has 0 aromatic carbocycles. The summed E-state index contributed by atoms with van der Waals surface area (Å²) in [6, 6.07) is 0. The number of esters is 2. The molecule has 0 saturated carbocycles. The van der Waals surface area contributed by atoms with E-state index < -0.39 is 24.3 Å². The molecular weight excluding hydrogens is 911 g/mol. The molecule has 0 aliphatic heterocycles. The second-order valence-electron chi connectivity index (χ2n) is 20.5. The molecule has 0 heterocycles. The number of carboxylic acids is 1. The second-order valence-corrected chi connectivity index (χ2v) is 20.5. The Morgan fingerprint density at radius 3 is 1.16 bits per heavy atom. The molecule has 0 aromatic heterocycles. The first-order chi connectivity index (χ1) is 35.6. The van der Waals surface area contributed by atoms with E-state index in [-0.39, 0.29) is 38.6 Å². The van der Waals surface area contributed by atoms with Crippen LogP contribution < -0.4 is 5.11 Å². The summed E-state index contributed by atoms with van der Waals surface area (Å²) in [5.74, 6) is -2.31. The molecule has 9 heteroatoms. The molecule has 0 aromatic rings. The third-order valence-electron chi connectivity index (χ3n) is 12.3. The maximum atomic E-state index is 12.9. The average molecular weight is 1020 g/mol. The van der Waals surface area contributed by atoms with Crippen LogP contribution in [0.1, 0.15) is 232 Å². The lowest BCUT2D eigenvalue weighted by molar-refractivity contribution is -0.870. The molecule has 0 rings (SSSR count). The van der Waals surface area contributed by atoms with Crippen molar-refractivity contribution in [1.82, 2.24) is 0 Å². The fourth-order valence-electron chi connectivity index (χ4n) is 7.80. The minimum atomic E-state index is -1.63. The van der Waals surface area contributed by atoms with Gasteiger partial charge in [-0.25, -0.2) is 0 Å². The SMILES string of the molecule is CC/C=C\C/C=C\C/C=C\C/C=C\C/C=C\CCCCCCCCCCCCCCCC(=O)OC(COC(=O)CCCCCCCC/C=C\C/C=C\C/C=C\CCCCC)COC(OCC[N+](C)(C)C)C(=O)[O-]. The van der Waals surface area contributed by atoms with Crippen molar-refractivity contribution in [3.05, 3.63) is 97.2 Å². The van der Waals surface area contributed by atoms with Crippen molar-refractivity contribution in [2.45, 2.75) is 245 Å². The molecule has 0 bridgehead atoms. The highest BCUT2D eigenvalue weighted by Crippen LogP contribution is 2.15. The maximum Gasteiger partial charge on any atom is 0.306 e. The standard InChI is InChI=1S/C64H109NO8/c1-6-8-10-12-14-16-18-20-22-24-26-27-28-29-30-31-32-33-34-35-37-39-41-43-45-47-49-51-53-55-62(67)73-60(59-72-64(63(68)69)70-57-56-65(3,4)5)58-71-61(66)54-52-50-48-46-44-42-40-38-36-25-23-21-19-17-15-13-11-9-7-2/h8,10,14-17,20-23,26-27,29-30,36,38,60,64H,6-7,9,11-13,18-19,24-25,28,31-35,37,39-59H2,1-5H3/b10-8-,16-14-,17-15-,22-20-,23-21-,27-26-,30-29-,38-36-. The zero-order chi connectivity index (χ0) is 53.4. The van der Waals surface area contributed by atoms with Crippen LogP contribution in [0.2, 0.25) is 0 Å². The molecule has 2 atom stereocenters. The number of carbonyl (C=O) groups excluding carboxylic acids is 3. The first kappa shape index (κ1) is 69.2. The van der Waals surface area contributed by atoms with E-state index in [1.807, 2.05) is 21.1 Å². The summed E-state index contributed by atoms with van der Waals surface area (Å²) in [6.07, 6.45) is 70.2. The Morgan fingerprint density at radius 2 is 0.781 bits per heavy atom. The predicted molar refractivity (Wildman–Crippen MR) is 306 cm³/mol. The number of unbranched alkanes of at least 4 members (excludes halogenated alkanes) is 22. The van der Waals surface area contributed by atoms with Crippen molar-refractivity contribution in [3.63, 3.8) is 0 Å². The molecular formula is C64H109NO8. The molecule has 9 nitrogen and oxygen atoms in total. The van der Waals surface area contributed by atoms with E-state index in [1.165, 1.54) is 103 Å². The lowest BCUT2D eigenvalue weighted by atomic mass is 10.0. The number of aliphatic carboxylic acids is 1. The monoisotopic (exact) mass is 1020 g/mol. The van der Waals surface area contributed by atoms with Gasteiger partial charge in [0.05, 0.1) is 40.3 Å². The van der Waals surface area contributed by atoms with E-state index in [0.29, 0.717) is 17.4 Å². The summed E-state index contributed by atoms with van der Waals surface area (Å²) in [5, 5.41) is 11.8. The van der Waals surface area contributed by atoms with Gasteiger partial charge < -0.3 is 33.3 Å².